The molecule has 88 valence electrons. The van der Waals surface area contributed by atoms with Gasteiger partial charge in [-0.1, -0.05) is 0 Å². The fraction of sp³-hybridized carbons (Fsp3) is 0.444. The molecule has 0 saturated carbocycles. The van der Waals surface area contributed by atoms with Gasteiger partial charge < -0.3 is 9.73 Å². The number of oxazole rings is 1. The van der Waals surface area contributed by atoms with Gasteiger partial charge in [0.15, 0.2) is 0 Å². The number of carbonyl (C=O) groups excluding carboxylic acids is 2. The molecule has 16 heavy (non-hydrogen) atoms. The summed E-state index contributed by atoms with van der Waals surface area (Å²) >= 11 is 5.47. The molecule has 0 radical (unpaired) electrons. The summed E-state index contributed by atoms with van der Waals surface area (Å²) in [6.07, 6.45) is 1.54. The molecule has 2 N–H and O–H groups in total. The minimum atomic E-state index is -0.755. The molecule has 0 fully saturated rings. The van der Waals surface area contributed by atoms with Crippen molar-refractivity contribution in [2.24, 2.45) is 0 Å². The quantitative estimate of drug-likeness (QED) is 0.776. The fourth-order valence-electron chi connectivity index (χ4n) is 0.895. The number of urea groups is 1. The second-order valence-electron chi connectivity index (χ2n) is 3.15. The molecular weight excluding hydrogens is 234 g/mol. The van der Waals surface area contributed by atoms with Crippen LogP contribution in [0.4, 0.5) is 4.79 Å². The van der Waals surface area contributed by atoms with E-state index in [0.29, 0.717) is 11.7 Å². The van der Waals surface area contributed by atoms with Gasteiger partial charge in [0.1, 0.15) is 11.1 Å². The Kier molecular flexibility index (Phi) is 4.30. The van der Waals surface area contributed by atoms with Gasteiger partial charge in [-0.05, 0) is 13.8 Å². The summed E-state index contributed by atoms with van der Waals surface area (Å²) in [6.45, 7) is 3.33. The van der Waals surface area contributed by atoms with Crippen LogP contribution in [0.25, 0.3) is 0 Å². The molecule has 0 spiro atoms. The molecule has 6 nitrogen and oxygen atoms in total. The number of carbonyl (C=O) groups is 2. The number of amides is 3. The Morgan fingerprint density at radius 1 is 1.62 bits per heavy atom. The maximum atomic E-state index is 11.2. The zero-order valence-corrected chi connectivity index (χ0v) is 9.67. The van der Waals surface area contributed by atoms with Crippen molar-refractivity contribution in [1.82, 2.24) is 15.6 Å². The highest BCUT2D eigenvalue weighted by molar-refractivity contribution is 6.31. The molecule has 1 rings (SSSR count). The van der Waals surface area contributed by atoms with Crippen LogP contribution < -0.4 is 10.6 Å². The third-order valence-corrected chi connectivity index (χ3v) is 1.87. The number of nitrogens with zero attached hydrogens (tertiary/aromatic N) is 1. The van der Waals surface area contributed by atoms with Gasteiger partial charge in [-0.15, -0.1) is 11.6 Å². The van der Waals surface area contributed by atoms with Crippen molar-refractivity contribution < 1.29 is 14.0 Å². The summed E-state index contributed by atoms with van der Waals surface area (Å²) in [4.78, 5) is 26.1. The third-order valence-electron chi connectivity index (χ3n) is 1.67. The summed E-state index contributed by atoms with van der Waals surface area (Å²) in [7, 11) is 0. The Morgan fingerprint density at radius 3 is 2.81 bits per heavy atom. The molecule has 0 aromatic carbocycles. The number of rotatable bonds is 3. The lowest BCUT2D eigenvalue weighted by Gasteiger charge is -2.05. The van der Waals surface area contributed by atoms with E-state index in [-0.39, 0.29) is 6.54 Å². The Hall–Kier alpha value is -1.56. The predicted molar refractivity (Wildman–Crippen MR) is 56.9 cm³/mol. The van der Waals surface area contributed by atoms with E-state index in [1.54, 1.807) is 13.1 Å². The molecule has 3 amide bonds. The molecule has 0 aliphatic rings. The second-order valence-corrected chi connectivity index (χ2v) is 3.81. The number of imide groups is 1. The van der Waals surface area contributed by atoms with Crippen molar-refractivity contribution in [3.63, 3.8) is 0 Å². The lowest BCUT2D eigenvalue weighted by Crippen LogP contribution is -2.41. The van der Waals surface area contributed by atoms with Gasteiger partial charge in [-0.3, -0.25) is 10.1 Å². The van der Waals surface area contributed by atoms with Gasteiger partial charge in [0.05, 0.1) is 12.7 Å². The number of aryl methyl sites for hydroxylation is 1. The molecule has 0 aliphatic heterocycles. The molecule has 1 heterocycles. The first-order valence-electron chi connectivity index (χ1n) is 4.63. The van der Waals surface area contributed by atoms with Gasteiger partial charge >= 0.3 is 6.03 Å². The van der Waals surface area contributed by atoms with Gasteiger partial charge in [-0.2, -0.15) is 0 Å². The van der Waals surface area contributed by atoms with Crippen LogP contribution in [0.5, 0.6) is 0 Å². The van der Waals surface area contributed by atoms with Crippen LogP contribution in [0.15, 0.2) is 10.6 Å². The van der Waals surface area contributed by atoms with E-state index in [1.807, 2.05) is 0 Å². The maximum Gasteiger partial charge on any atom is 0.321 e. The normalized spacial score (nSPS) is 11.9. The number of aromatic nitrogens is 1. The fourth-order valence-corrected chi connectivity index (χ4v) is 0.949. The second kappa shape index (κ2) is 5.50. The largest absolute Gasteiger partial charge is 0.444 e. The van der Waals surface area contributed by atoms with Crippen LogP contribution in [0.1, 0.15) is 18.6 Å². The minimum Gasteiger partial charge on any atom is -0.444 e. The molecule has 1 aromatic heterocycles. The van der Waals surface area contributed by atoms with E-state index >= 15 is 0 Å². The standard InChI is InChI=1S/C9H12ClN3O3/c1-5-3-11-7(16-5)4-12-9(15)13-8(14)6(2)10/h3,6H,4H2,1-2H3,(H2,12,13,14,15). The first kappa shape index (κ1) is 12.5. The number of halogens is 1. The monoisotopic (exact) mass is 245 g/mol. The highest BCUT2D eigenvalue weighted by Gasteiger charge is 2.12. The van der Waals surface area contributed by atoms with Crippen LogP contribution in [0, 0.1) is 6.92 Å². The van der Waals surface area contributed by atoms with Gasteiger partial charge in [0.2, 0.25) is 11.8 Å². The van der Waals surface area contributed by atoms with Crippen LogP contribution in [-0.2, 0) is 11.3 Å². The maximum absolute atomic E-state index is 11.2. The van der Waals surface area contributed by atoms with Crippen molar-refractivity contribution in [1.29, 1.82) is 0 Å². The minimum absolute atomic E-state index is 0.115. The van der Waals surface area contributed by atoms with E-state index in [4.69, 9.17) is 16.0 Å². The smallest absolute Gasteiger partial charge is 0.321 e. The van der Waals surface area contributed by atoms with Crippen LogP contribution in [0.2, 0.25) is 0 Å². The van der Waals surface area contributed by atoms with Crippen molar-refractivity contribution in [2.75, 3.05) is 0 Å². The van der Waals surface area contributed by atoms with Crippen molar-refractivity contribution in [2.45, 2.75) is 25.8 Å². The molecule has 1 unspecified atom stereocenters. The number of alkyl halides is 1. The number of hydrogen-bond donors (Lipinski definition) is 2. The molecular formula is C9H12ClN3O3. The Morgan fingerprint density at radius 2 is 2.31 bits per heavy atom. The highest BCUT2D eigenvalue weighted by atomic mass is 35.5. The summed E-state index contributed by atoms with van der Waals surface area (Å²) < 4.78 is 5.12. The first-order valence-corrected chi connectivity index (χ1v) is 5.06. The van der Waals surface area contributed by atoms with E-state index in [1.165, 1.54) is 6.92 Å². The van der Waals surface area contributed by atoms with E-state index in [0.717, 1.165) is 0 Å². The lowest BCUT2D eigenvalue weighted by molar-refractivity contribution is -0.119. The average Bonchev–Trinajstić information content (AvgIpc) is 2.61. The van der Waals surface area contributed by atoms with Gasteiger partial charge in [0, 0.05) is 0 Å². The lowest BCUT2D eigenvalue weighted by atomic mass is 10.4. The first-order chi connectivity index (χ1) is 7.49. The van der Waals surface area contributed by atoms with E-state index in [2.05, 4.69) is 15.6 Å². The zero-order chi connectivity index (χ0) is 12.1. The van der Waals surface area contributed by atoms with Crippen molar-refractivity contribution in [3.05, 3.63) is 17.8 Å². The Labute approximate surface area is 97.4 Å². The molecule has 1 atom stereocenters. The number of hydrogen-bond acceptors (Lipinski definition) is 4. The average molecular weight is 246 g/mol. The Bertz CT molecular complexity index is 389. The van der Waals surface area contributed by atoms with Crippen LogP contribution in [-0.4, -0.2) is 22.3 Å². The van der Waals surface area contributed by atoms with Crippen LogP contribution >= 0.6 is 11.6 Å². The van der Waals surface area contributed by atoms with Gasteiger partial charge in [-0.25, -0.2) is 9.78 Å². The number of nitrogens with one attached hydrogen (secondary N) is 2. The molecule has 7 heteroatoms. The van der Waals surface area contributed by atoms with Gasteiger partial charge in [0.25, 0.3) is 0 Å². The summed E-state index contributed by atoms with van der Waals surface area (Å²) in [6, 6.07) is -0.631. The van der Waals surface area contributed by atoms with Crippen molar-refractivity contribution in [3.8, 4) is 0 Å². The van der Waals surface area contributed by atoms with Crippen LogP contribution in [0.3, 0.4) is 0 Å². The summed E-state index contributed by atoms with van der Waals surface area (Å²) in [5, 5.41) is 3.72. The summed E-state index contributed by atoms with van der Waals surface area (Å²) in [5.74, 6) is 0.476. The zero-order valence-electron chi connectivity index (χ0n) is 8.91. The highest BCUT2D eigenvalue weighted by Crippen LogP contribution is 2.00. The topological polar surface area (TPSA) is 84.2 Å². The Balaban J connectivity index is 2.33. The SMILES string of the molecule is Cc1cnc(CNC(=O)NC(=O)C(C)Cl)o1. The molecule has 1 aromatic rings. The van der Waals surface area contributed by atoms with E-state index in [9.17, 15) is 9.59 Å². The van der Waals surface area contributed by atoms with E-state index < -0.39 is 17.3 Å². The molecule has 0 aliphatic carbocycles. The van der Waals surface area contributed by atoms with Crippen molar-refractivity contribution >= 4 is 23.5 Å². The predicted octanol–water partition coefficient (Wildman–Crippen LogP) is 0.936. The summed E-state index contributed by atoms with van der Waals surface area (Å²) in [5.41, 5.74) is 0. The molecule has 0 saturated heterocycles. The molecule has 0 bridgehead atoms. The third kappa shape index (κ3) is 3.90.